The summed E-state index contributed by atoms with van der Waals surface area (Å²) in [5, 5.41) is 9.11. The molecule has 0 bridgehead atoms. The predicted octanol–water partition coefficient (Wildman–Crippen LogP) is 5.96. The molecule has 152 valence electrons. The first kappa shape index (κ1) is 21.7. The van der Waals surface area contributed by atoms with Crippen LogP contribution in [0, 0.1) is 0 Å². The van der Waals surface area contributed by atoms with Gasteiger partial charge >= 0.3 is 0 Å². The third-order valence-corrected chi connectivity index (χ3v) is 5.94. The minimum Gasteiger partial charge on any atom is -0.419 e. The number of benzene rings is 2. The Morgan fingerprint density at radius 3 is 2.41 bits per heavy atom. The zero-order chi connectivity index (χ0) is 21.0. The summed E-state index contributed by atoms with van der Waals surface area (Å²) < 4.78 is 5.77. The van der Waals surface area contributed by atoms with E-state index >= 15 is 0 Å². The fourth-order valence-corrected chi connectivity index (χ4v) is 4.00. The van der Waals surface area contributed by atoms with Gasteiger partial charge in [-0.25, -0.2) is 0 Å². The van der Waals surface area contributed by atoms with Crippen LogP contribution in [-0.4, -0.2) is 32.3 Å². The highest BCUT2D eigenvalue weighted by molar-refractivity contribution is 8.00. The lowest BCUT2D eigenvalue weighted by molar-refractivity contribution is -0.133. The van der Waals surface area contributed by atoms with E-state index in [0.717, 1.165) is 4.90 Å². The summed E-state index contributed by atoms with van der Waals surface area (Å²) in [6.07, 6.45) is 0. The van der Waals surface area contributed by atoms with Crippen molar-refractivity contribution in [1.82, 2.24) is 15.1 Å². The molecule has 0 aliphatic heterocycles. The van der Waals surface area contributed by atoms with Crippen LogP contribution in [0.15, 0.2) is 57.8 Å². The van der Waals surface area contributed by atoms with Gasteiger partial charge in [-0.15, -0.1) is 22.0 Å². The van der Waals surface area contributed by atoms with Crippen molar-refractivity contribution in [2.75, 3.05) is 0 Å². The van der Waals surface area contributed by atoms with Crippen molar-refractivity contribution >= 4 is 40.9 Å². The molecule has 29 heavy (non-hydrogen) atoms. The molecule has 8 heteroatoms. The van der Waals surface area contributed by atoms with Gasteiger partial charge in [0.2, 0.25) is 17.7 Å². The van der Waals surface area contributed by atoms with Crippen LogP contribution in [0.4, 0.5) is 0 Å². The van der Waals surface area contributed by atoms with Crippen molar-refractivity contribution in [3.05, 3.63) is 64.5 Å². The number of nitrogens with zero attached hydrogens (tertiary/aromatic N) is 3. The summed E-state index contributed by atoms with van der Waals surface area (Å²) >= 11 is 13.6. The van der Waals surface area contributed by atoms with E-state index in [1.54, 1.807) is 11.0 Å². The molecule has 0 saturated carbocycles. The lowest BCUT2D eigenvalue weighted by Crippen LogP contribution is -2.40. The first-order valence-corrected chi connectivity index (χ1v) is 10.8. The summed E-state index contributed by atoms with van der Waals surface area (Å²) in [4.78, 5) is 15.8. The number of hydrogen-bond acceptors (Lipinski definition) is 5. The molecule has 2 aromatic carbocycles. The summed E-state index contributed by atoms with van der Waals surface area (Å²) in [5.41, 5.74) is 0.669. The first-order valence-electron chi connectivity index (χ1n) is 9.15. The standard InChI is InChI=1S/C21H21Cl2N3O2S/c1-13(2)26(21(27)14(3)29-16-10-8-15(22)9-11-16)12-19-24-25-20(28-19)17-6-4-5-7-18(17)23/h4-11,13-14H,12H2,1-3H3. The molecule has 0 saturated heterocycles. The van der Waals surface area contributed by atoms with Crippen LogP contribution >= 0.6 is 35.0 Å². The molecular formula is C21H21Cl2N3O2S. The minimum absolute atomic E-state index is 0.00237. The average molecular weight is 450 g/mol. The van der Waals surface area contributed by atoms with Gasteiger partial charge in [0.15, 0.2) is 0 Å². The van der Waals surface area contributed by atoms with E-state index in [-0.39, 0.29) is 23.7 Å². The van der Waals surface area contributed by atoms with Crippen LogP contribution in [0.2, 0.25) is 10.0 Å². The molecule has 5 nitrogen and oxygen atoms in total. The fourth-order valence-electron chi connectivity index (χ4n) is 2.72. The Balaban J connectivity index is 1.72. The maximum absolute atomic E-state index is 13.1. The first-order chi connectivity index (χ1) is 13.8. The molecule has 3 aromatic rings. The molecule has 1 atom stereocenters. The van der Waals surface area contributed by atoms with E-state index < -0.39 is 0 Å². The molecule has 1 heterocycles. The summed E-state index contributed by atoms with van der Waals surface area (Å²) in [6.45, 7) is 6.05. The van der Waals surface area contributed by atoms with Crippen LogP contribution in [0.1, 0.15) is 26.7 Å². The molecular weight excluding hydrogens is 429 g/mol. The van der Waals surface area contributed by atoms with Crippen LogP contribution in [0.25, 0.3) is 11.5 Å². The van der Waals surface area contributed by atoms with Crippen molar-refractivity contribution in [3.8, 4) is 11.5 Å². The highest BCUT2D eigenvalue weighted by Gasteiger charge is 2.26. The normalized spacial score (nSPS) is 12.2. The number of carbonyl (C=O) groups excluding carboxylic acids is 1. The Morgan fingerprint density at radius 2 is 1.76 bits per heavy atom. The monoisotopic (exact) mass is 449 g/mol. The highest BCUT2D eigenvalue weighted by Crippen LogP contribution is 2.28. The third kappa shape index (κ3) is 5.53. The molecule has 3 rings (SSSR count). The van der Waals surface area contributed by atoms with Crippen molar-refractivity contribution < 1.29 is 9.21 Å². The molecule has 0 radical (unpaired) electrons. The van der Waals surface area contributed by atoms with Gasteiger partial charge in [0.05, 0.1) is 22.4 Å². The quantitative estimate of drug-likeness (QED) is 0.416. The smallest absolute Gasteiger partial charge is 0.249 e. The second-order valence-electron chi connectivity index (χ2n) is 6.75. The molecule has 1 aromatic heterocycles. The van der Waals surface area contributed by atoms with Crippen molar-refractivity contribution in [2.24, 2.45) is 0 Å². The average Bonchev–Trinajstić information content (AvgIpc) is 3.16. The zero-order valence-electron chi connectivity index (χ0n) is 16.3. The Labute approximate surface area is 184 Å². The number of thioether (sulfide) groups is 1. The molecule has 0 aliphatic rings. The second kappa shape index (κ2) is 9.65. The Morgan fingerprint density at radius 1 is 1.07 bits per heavy atom. The maximum atomic E-state index is 13.1. The van der Waals surface area contributed by atoms with E-state index in [1.165, 1.54) is 11.8 Å². The Hall–Kier alpha value is -2.02. The zero-order valence-corrected chi connectivity index (χ0v) is 18.6. The number of rotatable bonds is 7. The third-order valence-electron chi connectivity index (χ3n) is 4.26. The molecule has 1 unspecified atom stereocenters. The molecule has 0 spiro atoms. The van der Waals surface area contributed by atoms with Crippen LogP contribution in [0.5, 0.6) is 0 Å². The lowest BCUT2D eigenvalue weighted by Gasteiger charge is -2.28. The highest BCUT2D eigenvalue weighted by atomic mass is 35.5. The number of aromatic nitrogens is 2. The summed E-state index contributed by atoms with van der Waals surface area (Å²) in [5.74, 6) is 0.702. The number of amides is 1. The largest absolute Gasteiger partial charge is 0.419 e. The number of carbonyl (C=O) groups is 1. The lowest BCUT2D eigenvalue weighted by atomic mass is 10.2. The number of halogens is 2. The van der Waals surface area contributed by atoms with Gasteiger partial charge < -0.3 is 9.32 Å². The topological polar surface area (TPSA) is 59.2 Å². The molecule has 0 aliphatic carbocycles. The molecule has 0 fully saturated rings. The van der Waals surface area contributed by atoms with Gasteiger partial charge in [-0.3, -0.25) is 4.79 Å². The summed E-state index contributed by atoms with van der Waals surface area (Å²) in [6, 6.07) is 14.7. The molecule has 1 amide bonds. The van der Waals surface area contributed by atoms with Crippen LogP contribution < -0.4 is 0 Å². The van der Waals surface area contributed by atoms with Gasteiger partial charge in [-0.1, -0.05) is 35.3 Å². The van der Waals surface area contributed by atoms with Gasteiger partial charge in [-0.2, -0.15) is 0 Å². The van der Waals surface area contributed by atoms with E-state index in [1.807, 2.05) is 63.2 Å². The van der Waals surface area contributed by atoms with Crippen LogP contribution in [0.3, 0.4) is 0 Å². The van der Waals surface area contributed by atoms with Gasteiger partial charge in [-0.05, 0) is 57.2 Å². The fraction of sp³-hybridized carbons (Fsp3) is 0.286. The predicted molar refractivity (Wildman–Crippen MR) is 117 cm³/mol. The SMILES string of the molecule is CC(Sc1ccc(Cl)cc1)C(=O)N(Cc1nnc(-c2ccccc2Cl)o1)C(C)C. The Kier molecular flexibility index (Phi) is 7.22. The van der Waals surface area contributed by atoms with Gasteiger partial charge in [0, 0.05) is 16.0 Å². The van der Waals surface area contributed by atoms with E-state index in [2.05, 4.69) is 10.2 Å². The maximum Gasteiger partial charge on any atom is 0.249 e. The second-order valence-corrected chi connectivity index (χ2v) is 9.01. The number of hydrogen-bond donors (Lipinski definition) is 0. The van der Waals surface area contributed by atoms with Crippen molar-refractivity contribution in [2.45, 2.75) is 43.5 Å². The molecule has 0 N–H and O–H groups in total. The van der Waals surface area contributed by atoms with E-state index in [9.17, 15) is 4.79 Å². The van der Waals surface area contributed by atoms with Crippen LogP contribution in [-0.2, 0) is 11.3 Å². The minimum atomic E-state index is -0.274. The van der Waals surface area contributed by atoms with E-state index in [4.69, 9.17) is 27.6 Å². The van der Waals surface area contributed by atoms with Gasteiger partial charge in [0.1, 0.15) is 0 Å². The van der Waals surface area contributed by atoms with Gasteiger partial charge in [0.25, 0.3) is 0 Å². The van der Waals surface area contributed by atoms with Crippen molar-refractivity contribution in [1.29, 1.82) is 0 Å². The Bertz CT molecular complexity index is 976. The summed E-state index contributed by atoms with van der Waals surface area (Å²) in [7, 11) is 0. The van der Waals surface area contributed by atoms with Crippen molar-refractivity contribution in [3.63, 3.8) is 0 Å². The van der Waals surface area contributed by atoms with E-state index in [0.29, 0.717) is 27.4 Å².